The third-order valence-electron chi connectivity index (χ3n) is 3.22. The van der Waals surface area contributed by atoms with Crippen LogP contribution in [0.4, 0.5) is 6.01 Å². The minimum Gasteiger partial charge on any atom is -0.451 e. The molecule has 6 nitrogen and oxygen atoms in total. The second kappa shape index (κ2) is 5.69. The van der Waals surface area contributed by atoms with Crippen molar-refractivity contribution in [1.82, 2.24) is 10.2 Å². The van der Waals surface area contributed by atoms with E-state index in [0.717, 1.165) is 15.8 Å². The van der Waals surface area contributed by atoms with Crippen molar-refractivity contribution in [2.75, 3.05) is 5.32 Å². The molecule has 0 aliphatic carbocycles. The number of hydrogen-bond acceptors (Lipinski definition) is 6. The van der Waals surface area contributed by atoms with E-state index in [1.807, 2.05) is 47.8 Å². The summed E-state index contributed by atoms with van der Waals surface area (Å²) in [5.41, 5.74) is 0.740. The quantitative estimate of drug-likeness (QED) is 0.618. The van der Waals surface area contributed by atoms with Gasteiger partial charge in [0.05, 0.1) is 6.42 Å². The first-order chi connectivity index (χ1) is 11.3. The molecule has 3 aromatic heterocycles. The van der Waals surface area contributed by atoms with Gasteiger partial charge in [-0.1, -0.05) is 29.4 Å². The zero-order valence-electron chi connectivity index (χ0n) is 11.9. The van der Waals surface area contributed by atoms with Gasteiger partial charge >= 0.3 is 6.01 Å². The lowest BCUT2D eigenvalue weighted by Crippen LogP contribution is -2.13. The molecule has 0 atom stereocenters. The number of nitrogens with one attached hydrogen (secondary N) is 1. The number of fused-ring (bicyclic) bond motifs is 1. The van der Waals surface area contributed by atoms with E-state index >= 15 is 0 Å². The summed E-state index contributed by atoms with van der Waals surface area (Å²) >= 11 is 1.52. The Morgan fingerprint density at radius 1 is 1.13 bits per heavy atom. The molecular formula is C16H11N3O3S. The lowest BCUT2D eigenvalue weighted by Gasteiger charge is -1.97. The second-order valence-electron chi connectivity index (χ2n) is 4.87. The topological polar surface area (TPSA) is 81.2 Å². The molecule has 1 aromatic carbocycles. The molecule has 0 bridgehead atoms. The zero-order chi connectivity index (χ0) is 15.6. The van der Waals surface area contributed by atoms with E-state index in [9.17, 15) is 4.79 Å². The standard InChI is InChI=1S/C16H11N3O3S/c20-14(9-11-5-3-7-23-11)17-16-19-18-15(22-16)13-8-10-4-1-2-6-12(10)21-13/h1-8H,9H2,(H,17,19,20). The van der Waals surface area contributed by atoms with E-state index in [2.05, 4.69) is 15.5 Å². The fourth-order valence-electron chi connectivity index (χ4n) is 2.20. The van der Waals surface area contributed by atoms with Crippen LogP contribution in [-0.2, 0) is 11.2 Å². The first-order valence-corrected chi connectivity index (χ1v) is 7.80. The van der Waals surface area contributed by atoms with Crippen molar-refractivity contribution in [3.05, 3.63) is 52.7 Å². The third kappa shape index (κ3) is 2.86. The summed E-state index contributed by atoms with van der Waals surface area (Å²) in [4.78, 5) is 12.9. The number of aromatic nitrogens is 2. The van der Waals surface area contributed by atoms with Gasteiger partial charge in [-0.25, -0.2) is 0 Å². The predicted octanol–water partition coefficient (Wildman–Crippen LogP) is 3.73. The number of amides is 1. The van der Waals surface area contributed by atoms with Gasteiger partial charge in [0.1, 0.15) is 5.58 Å². The summed E-state index contributed by atoms with van der Waals surface area (Å²) in [6.07, 6.45) is 0.278. The maximum atomic E-state index is 11.9. The van der Waals surface area contributed by atoms with Crippen LogP contribution in [0.1, 0.15) is 4.88 Å². The Hall–Kier alpha value is -2.93. The number of nitrogens with zero attached hydrogens (tertiary/aromatic N) is 2. The molecule has 4 rings (SSSR count). The van der Waals surface area contributed by atoms with Gasteiger partial charge in [-0.3, -0.25) is 10.1 Å². The fraction of sp³-hybridized carbons (Fsp3) is 0.0625. The van der Waals surface area contributed by atoms with Gasteiger partial charge < -0.3 is 8.83 Å². The van der Waals surface area contributed by atoms with Gasteiger partial charge in [-0.15, -0.1) is 16.4 Å². The molecule has 0 unspecified atom stereocenters. The van der Waals surface area contributed by atoms with Crippen LogP contribution in [0.5, 0.6) is 0 Å². The number of rotatable bonds is 4. The molecule has 0 fully saturated rings. The lowest BCUT2D eigenvalue weighted by atomic mass is 10.2. The smallest absolute Gasteiger partial charge is 0.322 e. The van der Waals surface area contributed by atoms with Gasteiger partial charge in [0.25, 0.3) is 5.89 Å². The summed E-state index contributed by atoms with van der Waals surface area (Å²) in [6, 6.07) is 13.3. The Morgan fingerprint density at radius 2 is 2.04 bits per heavy atom. The lowest BCUT2D eigenvalue weighted by molar-refractivity contribution is -0.115. The molecule has 0 saturated heterocycles. The molecule has 0 aliphatic heterocycles. The van der Waals surface area contributed by atoms with Crippen molar-refractivity contribution in [3.8, 4) is 11.7 Å². The molecule has 7 heteroatoms. The molecule has 4 aromatic rings. The molecular weight excluding hydrogens is 314 g/mol. The minimum atomic E-state index is -0.202. The normalized spacial score (nSPS) is 11.0. The number of benzene rings is 1. The summed E-state index contributed by atoms with van der Waals surface area (Å²) in [6.45, 7) is 0. The van der Waals surface area contributed by atoms with E-state index in [1.54, 1.807) is 0 Å². The van der Waals surface area contributed by atoms with Crippen molar-refractivity contribution in [2.45, 2.75) is 6.42 Å². The fourth-order valence-corrected chi connectivity index (χ4v) is 2.90. The Bertz CT molecular complexity index is 923. The van der Waals surface area contributed by atoms with Crippen LogP contribution in [0, 0.1) is 0 Å². The average Bonchev–Trinajstić information content (AvgIpc) is 3.26. The van der Waals surface area contributed by atoms with Crippen molar-refractivity contribution in [3.63, 3.8) is 0 Å². The van der Waals surface area contributed by atoms with Crippen molar-refractivity contribution in [2.24, 2.45) is 0 Å². The van der Waals surface area contributed by atoms with Crippen LogP contribution >= 0.6 is 11.3 Å². The molecule has 0 radical (unpaired) electrons. The molecule has 0 spiro atoms. The highest BCUT2D eigenvalue weighted by Gasteiger charge is 2.15. The predicted molar refractivity (Wildman–Crippen MR) is 86.2 cm³/mol. The average molecular weight is 325 g/mol. The SMILES string of the molecule is O=C(Cc1cccs1)Nc1nnc(-c2cc3ccccc3o2)o1. The third-order valence-corrected chi connectivity index (χ3v) is 4.10. The maximum absolute atomic E-state index is 11.9. The maximum Gasteiger partial charge on any atom is 0.322 e. The van der Waals surface area contributed by atoms with E-state index in [0.29, 0.717) is 5.76 Å². The summed E-state index contributed by atoms with van der Waals surface area (Å²) in [7, 11) is 0. The van der Waals surface area contributed by atoms with Gasteiger partial charge in [0.2, 0.25) is 5.91 Å². The molecule has 23 heavy (non-hydrogen) atoms. The number of furan rings is 1. The van der Waals surface area contributed by atoms with E-state index in [-0.39, 0.29) is 24.2 Å². The Labute approximate surface area is 134 Å². The van der Waals surface area contributed by atoms with E-state index < -0.39 is 0 Å². The van der Waals surface area contributed by atoms with Gasteiger partial charge in [0.15, 0.2) is 5.76 Å². The van der Waals surface area contributed by atoms with Crippen LogP contribution in [0.15, 0.2) is 56.7 Å². The highest BCUT2D eigenvalue weighted by Crippen LogP contribution is 2.27. The van der Waals surface area contributed by atoms with Crippen molar-refractivity contribution < 1.29 is 13.6 Å². The van der Waals surface area contributed by atoms with Crippen LogP contribution < -0.4 is 5.32 Å². The highest BCUT2D eigenvalue weighted by molar-refractivity contribution is 7.10. The number of para-hydroxylation sites is 1. The van der Waals surface area contributed by atoms with Gasteiger partial charge in [0, 0.05) is 10.3 Å². The Kier molecular flexibility index (Phi) is 3.39. The molecule has 1 N–H and O–H groups in total. The molecule has 1 amide bonds. The number of carbonyl (C=O) groups excluding carboxylic acids is 1. The molecule has 114 valence electrons. The largest absolute Gasteiger partial charge is 0.451 e. The highest BCUT2D eigenvalue weighted by atomic mass is 32.1. The van der Waals surface area contributed by atoms with Crippen LogP contribution in [0.25, 0.3) is 22.6 Å². The van der Waals surface area contributed by atoms with Crippen molar-refractivity contribution in [1.29, 1.82) is 0 Å². The van der Waals surface area contributed by atoms with Gasteiger partial charge in [-0.2, -0.15) is 0 Å². The Morgan fingerprint density at radius 3 is 2.87 bits per heavy atom. The number of carbonyl (C=O) groups is 1. The van der Waals surface area contributed by atoms with E-state index in [4.69, 9.17) is 8.83 Å². The van der Waals surface area contributed by atoms with Gasteiger partial charge in [-0.05, 0) is 23.6 Å². The van der Waals surface area contributed by atoms with Crippen LogP contribution in [0.3, 0.4) is 0 Å². The summed E-state index contributed by atoms with van der Waals surface area (Å²) in [5.74, 6) is 0.498. The molecule has 3 heterocycles. The van der Waals surface area contributed by atoms with Crippen LogP contribution in [0.2, 0.25) is 0 Å². The summed E-state index contributed by atoms with van der Waals surface area (Å²) in [5, 5.41) is 13.2. The second-order valence-corrected chi connectivity index (χ2v) is 5.90. The zero-order valence-corrected chi connectivity index (χ0v) is 12.7. The van der Waals surface area contributed by atoms with E-state index in [1.165, 1.54) is 11.3 Å². The monoisotopic (exact) mass is 325 g/mol. The van der Waals surface area contributed by atoms with Crippen molar-refractivity contribution >= 4 is 34.2 Å². The van der Waals surface area contributed by atoms with Crippen LogP contribution in [-0.4, -0.2) is 16.1 Å². The first kappa shape index (κ1) is 13.7. The molecule has 0 saturated carbocycles. The minimum absolute atomic E-state index is 0.0574. The number of thiophene rings is 1. The Balaban J connectivity index is 1.51. The number of hydrogen-bond donors (Lipinski definition) is 1. The first-order valence-electron chi connectivity index (χ1n) is 6.92. The number of anilines is 1. The molecule has 0 aliphatic rings. The summed E-state index contributed by atoms with van der Waals surface area (Å²) < 4.78 is 11.1.